The maximum Gasteiger partial charge on any atom is 0.111 e. The molecule has 0 radical (unpaired) electrons. The van der Waals surface area contributed by atoms with Gasteiger partial charge in [-0.3, -0.25) is 0 Å². The van der Waals surface area contributed by atoms with Crippen LogP contribution in [0.5, 0.6) is 0 Å². The molecule has 0 fully saturated rings. The van der Waals surface area contributed by atoms with E-state index in [0.29, 0.717) is 0 Å². The first-order valence-electron chi connectivity index (χ1n) is 5.96. The van der Waals surface area contributed by atoms with Crippen molar-refractivity contribution in [3.05, 3.63) is 0 Å². The van der Waals surface area contributed by atoms with Gasteiger partial charge in [-0.05, 0) is 0 Å². The molecule has 4 unspecified atom stereocenters. The molecule has 0 aromatic carbocycles. The molecule has 0 aliphatic heterocycles. The van der Waals surface area contributed by atoms with E-state index in [4.69, 9.17) is 35.7 Å². The number of nitrogens with zero attached hydrogens (tertiary/aromatic N) is 1. The van der Waals surface area contributed by atoms with Gasteiger partial charge in [0.1, 0.15) is 31.0 Å². The van der Waals surface area contributed by atoms with Gasteiger partial charge in [0, 0.05) is 0 Å². The summed E-state index contributed by atoms with van der Waals surface area (Å²) < 4.78 is 0.844. The first kappa shape index (κ1) is 25.0. The quantitative estimate of drug-likeness (QED) is 0.231. The molecule has 0 aliphatic carbocycles. The Labute approximate surface area is 125 Å². The van der Waals surface area contributed by atoms with Crippen LogP contribution in [0.3, 0.4) is 0 Å². The predicted octanol–water partition coefficient (Wildman–Crippen LogP) is -6.90. The van der Waals surface area contributed by atoms with Crippen molar-refractivity contribution in [2.24, 2.45) is 0 Å². The minimum absolute atomic E-state index is 0. The highest BCUT2D eigenvalue weighted by Gasteiger charge is 2.29. The first-order chi connectivity index (χ1) is 8.60. The summed E-state index contributed by atoms with van der Waals surface area (Å²) >= 11 is 0. The van der Waals surface area contributed by atoms with Crippen molar-refractivity contribution >= 4 is 0 Å². The molecule has 0 heterocycles. The van der Waals surface area contributed by atoms with Crippen LogP contribution in [0.15, 0.2) is 0 Å². The van der Waals surface area contributed by atoms with E-state index in [1.165, 1.54) is 0 Å². The third kappa shape index (κ3) is 13.0. The Bertz CT molecular complexity index is 201. The van der Waals surface area contributed by atoms with E-state index < -0.39 is 37.6 Å². The standard InChI is InChI=1S/C6H14O6.C5H14NO.ClH/c7-1-3(9)5(11)6(12)4(10)2-8;1-6(2,3)4-5-7;/h3-12H,1-2H2;7H,4-5H2,1-3H3;1H/q;+1;/p-1. The van der Waals surface area contributed by atoms with E-state index in [2.05, 4.69) is 21.1 Å². The molecule has 0 amide bonds. The Hall–Kier alpha value is -0.0300. The van der Waals surface area contributed by atoms with Crippen molar-refractivity contribution < 1.29 is 52.6 Å². The summed E-state index contributed by atoms with van der Waals surface area (Å²) in [5.74, 6) is 0. The Morgan fingerprint density at radius 3 is 1.15 bits per heavy atom. The molecule has 0 rings (SSSR count). The van der Waals surface area contributed by atoms with E-state index in [1.54, 1.807) is 0 Å². The van der Waals surface area contributed by atoms with Crippen LogP contribution >= 0.6 is 0 Å². The van der Waals surface area contributed by atoms with E-state index in [-0.39, 0.29) is 19.0 Å². The molecule has 4 atom stereocenters. The molecule has 7 N–H and O–H groups in total. The van der Waals surface area contributed by atoms with Gasteiger partial charge < -0.3 is 52.6 Å². The van der Waals surface area contributed by atoms with Gasteiger partial charge in [-0.1, -0.05) is 0 Å². The number of likely N-dealkylation sites (N-methyl/N-ethyl adjacent to an activating group) is 1. The second-order valence-electron chi connectivity index (χ2n) is 5.22. The number of halogens is 1. The molecule has 0 spiro atoms. The fourth-order valence-electron chi connectivity index (χ4n) is 0.971. The monoisotopic (exact) mass is 321 g/mol. The summed E-state index contributed by atoms with van der Waals surface area (Å²) in [4.78, 5) is 0. The van der Waals surface area contributed by atoms with Gasteiger partial charge in [0.05, 0.1) is 41.0 Å². The van der Waals surface area contributed by atoms with Gasteiger partial charge in [-0.2, -0.15) is 0 Å². The topological polar surface area (TPSA) is 142 Å². The SMILES string of the molecule is C[N+](C)(C)CCO.OCC(O)C(O)C(O)C(O)CO.[Cl-]. The summed E-state index contributed by atoms with van der Waals surface area (Å²) in [7, 11) is 6.16. The second kappa shape index (κ2) is 12.7. The van der Waals surface area contributed by atoms with Crippen LogP contribution in [0.25, 0.3) is 0 Å². The van der Waals surface area contributed by atoms with E-state index in [9.17, 15) is 0 Å². The largest absolute Gasteiger partial charge is 1.00 e. The number of aliphatic hydroxyl groups excluding tert-OH is 7. The lowest BCUT2D eigenvalue weighted by Gasteiger charge is -2.24. The van der Waals surface area contributed by atoms with Crippen LogP contribution in [-0.2, 0) is 0 Å². The van der Waals surface area contributed by atoms with Crippen molar-refractivity contribution in [1.82, 2.24) is 0 Å². The molecular formula is C11H28ClNO7. The van der Waals surface area contributed by atoms with Gasteiger partial charge in [0.15, 0.2) is 0 Å². The molecule has 8 nitrogen and oxygen atoms in total. The smallest absolute Gasteiger partial charge is 0.111 e. The fourth-order valence-corrected chi connectivity index (χ4v) is 0.971. The lowest BCUT2D eigenvalue weighted by atomic mass is 10.0. The highest BCUT2D eigenvalue weighted by molar-refractivity contribution is 4.79. The van der Waals surface area contributed by atoms with Crippen LogP contribution in [0.2, 0.25) is 0 Å². The Kier molecular flexibility index (Phi) is 15.8. The minimum atomic E-state index is -1.67. The molecule has 0 aromatic rings. The molecule has 0 bridgehead atoms. The van der Waals surface area contributed by atoms with Crippen molar-refractivity contribution in [3.63, 3.8) is 0 Å². The maximum atomic E-state index is 8.96. The maximum absolute atomic E-state index is 8.96. The molecule has 0 saturated carbocycles. The Morgan fingerprint density at radius 2 is 1.05 bits per heavy atom. The molecule has 0 aromatic heterocycles. The zero-order valence-electron chi connectivity index (χ0n) is 12.1. The molecule has 0 aliphatic rings. The number of aliphatic hydroxyl groups is 7. The number of hydrogen-bond acceptors (Lipinski definition) is 7. The summed E-state index contributed by atoms with van der Waals surface area (Å²) in [6, 6.07) is 0. The summed E-state index contributed by atoms with van der Waals surface area (Å²) in [6.07, 6.45) is -6.39. The Balaban J connectivity index is -0.000000312. The van der Waals surface area contributed by atoms with Gasteiger partial charge in [-0.25, -0.2) is 0 Å². The average molecular weight is 322 g/mol. The molecule has 20 heavy (non-hydrogen) atoms. The molecule has 9 heteroatoms. The summed E-state index contributed by atoms with van der Waals surface area (Å²) in [5, 5.41) is 60.6. The molecule has 126 valence electrons. The lowest BCUT2D eigenvalue weighted by Crippen LogP contribution is -3.00. The molecule has 0 saturated heterocycles. The molecular weight excluding hydrogens is 294 g/mol. The second-order valence-corrected chi connectivity index (χ2v) is 5.22. The fraction of sp³-hybridized carbons (Fsp3) is 1.00. The third-order valence-electron chi connectivity index (χ3n) is 2.28. The van der Waals surface area contributed by atoms with E-state index in [0.717, 1.165) is 11.0 Å². The van der Waals surface area contributed by atoms with Gasteiger partial charge >= 0.3 is 0 Å². The summed E-state index contributed by atoms with van der Waals surface area (Å²) in [5.41, 5.74) is 0. The number of hydrogen-bond donors (Lipinski definition) is 7. The van der Waals surface area contributed by atoms with Crippen LogP contribution in [0.1, 0.15) is 0 Å². The van der Waals surface area contributed by atoms with Crippen molar-refractivity contribution in [3.8, 4) is 0 Å². The number of rotatable bonds is 7. The highest BCUT2D eigenvalue weighted by atomic mass is 35.5. The average Bonchev–Trinajstić information content (AvgIpc) is 2.34. The van der Waals surface area contributed by atoms with Gasteiger partial charge in [0.25, 0.3) is 0 Å². The van der Waals surface area contributed by atoms with Crippen LogP contribution < -0.4 is 12.4 Å². The Morgan fingerprint density at radius 1 is 0.750 bits per heavy atom. The summed E-state index contributed by atoms with van der Waals surface area (Å²) in [6.45, 7) is -0.337. The third-order valence-corrected chi connectivity index (χ3v) is 2.28. The van der Waals surface area contributed by atoms with Gasteiger partial charge in [0.2, 0.25) is 0 Å². The normalized spacial score (nSPS) is 17.1. The highest BCUT2D eigenvalue weighted by Crippen LogP contribution is 2.04. The predicted molar refractivity (Wildman–Crippen MR) is 68.2 cm³/mol. The van der Waals surface area contributed by atoms with Crippen molar-refractivity contribution in [2.75, 3.05) is 47.5 Å². The van der Waals surface area contributed by atoms with E-state index in [1.807, 2.05) is 0 Å². The van der Waals surface area contributed by atoms with Crippen LogP contribution in [-0.4, -0.2) is 112 Å². The lowest BCUT2D eigenvalue weighted by molar-refractivity contribution is -0.870. The van der Waals surface area contributed by atoms with Gasteiger partial charge in [-0.15, -0.1) is 0 Å². The minimum Gasteiger partial charge on any atom is -1.00 e. The van der Waals surface area contributed by atoms with E-state index >= 15 is 0 Å². The van der Waals surface area contributed by atoms with Crippen LogP contribution in [0.4, 0.5) is 0 Å². The zero-order valence-corrected chi connectivity index (χ0v) is 12.8. The van der Waals surface area contributed by atoms with Crippen molar-refractivity contribution in [1.29, 1.82) is 0 Å². The number of quaternary nitrogens is 1. The van der Waals surface area contributed by atoms with Crippen LogP contribution in [0, 0.1) is 0 Å². The first-order valence-corrected chi connectivity index (χ1v) is 5.96. The zero-order chi connectivity index (χ0) is 15.6. The van der Waals surface area contributed by atoms with Crippen molar-refractivity contribution in [2.45, 2.75) is 24.4 Å².